The van der Waals surface area contributed by atoms with E-state index in [2.05, 4.69) is 17.6 Å². The highest BCUT2D eigenvalue weighted by molar-refractivity contribution is 5.87. The Hall–Kier alpha value is -1.10. The molecule has 0 spiro atoms. The molecule has 1 amide bonds. The Balaban J connectivity index is 2.36. The molecule has 2 N–H and O–H groups in total. The number of ether oxygens (including phenoxy) is 1. The maximum atomic E-state index is 12.2. The summed E-state index contributed by atoms with van der Waals surface area (Å²) in [6.07, 6.45) is 3.97. The molecular formula is C13H24N2O3. The fourth-order valence-corrected chi connectivity index (χ4v) is 2.43. The summed E-state index contributed by atoms with van der Waals surface area (Å²) < 4.78 is 4.82. The molecule has 0 aromatic carbocycles. The first-order chi connectivity index (χ1) is 8.64. The molecule has 104 valence electrons. The summed E-state index contributed by atoms with van der Waals surface area (Å²) in [5.74, 6) is -0.243. The molecule has 0 saturated carbocycles. The molecule has 1 rings (SSSR count). The van der Waals surface area contributed by atoms with Gasteiger partial charge in [0.15, 0.2) is 0 Å². The molecule has 0 bridgehead atoms. The van der Waals surface area contributed by atoms with Gasteiger partial charge in [0.05, 0.1) is 18.6 Å². The smallest absolute Gasteiger partial charge is 0.307 e. The van der Waals surface area contributed by atoms with E-state index in [-0.39, 0.29) is 18.3 Å². The minimum atomic E-state index is -0.413. The summed E-state index contributed by atoms with van der Waals surface area (Å²) >= 11 is 0. The van der Waals surface area contributed by atoms with Crippen LogP contribution in [0, 0.1) is 0 Å². The Morgan fingerprint density at radius 2 is 2.17 bits per heavy atom. The maximum absolute atomic E-state index is 12.2. The van der Waals surface area contributed by atoms with Crippen LogP contribution in [0.15, 0.2) is 0 Å². The summed E-state index contributed by atoms with van der Waals surface area (Å²) in [5.41, 5.74) is -0.413. The second kappa shape index (κ2) is 7.36. The van der Waals surface area contributed by atoms with E-state index in [1.54, 1.807) is 6.92 Å². The van der Waals surface area contributed by atoms with Crippen LogP contribution in [-0.4, -0.2) is 37.1 Å². The van der Waals surface area contributed by atoms with Gasteiger partial charge in [0.2, 0.25) is 5.91 Å². The van der Waals surface area contributed by atoms with E-state index in [9.17, 15) is 9.59 Å². The third-order valence-corrected chi connectivity index (χ3v) is 3.28. The molecule has 1 unspecified atom stereocenters. The first-order valence-electron chi connectivity index (χ1n) is 6.83. The summed E-state index contributed by atoms with van der Waals surface area (Å²) in [6.45, 7) is 5.48. The predicted molar refractivity (Wildman–Crippen MR) is 69.1 cm³/mol. The van der Waals surface area contributed by atoms with Gasteiger partial charge >= 0.3 is 5.97 Å². The van der Waals surface area contributed by atoms with Crippen LogP contribution in [0.3, 0.4) is 0 Å². The molecule has 5 nitrogen and oxygen atoms in total. The Bertz CT molecular complexity index is 286. The molecule has 0 aliphatic carbocycles. The number of rotatable bonds is 7. The number of carbonyl (C=O) groups excluding carboxylic acids is 2. The fraction of sp³-hybridized carbons (Fsp3) is 0.846. The lowest BCUT2D eigenvalue weighted by Gasteiger charge is -2.27. The van der Waals surface area contributed by atoms with E-state index >= 15 is 0 Å². The molecule has 0 radical (unpaired) electrons. The van der Waals surface area contributed by atoms with Gasteiger partial charge in [-0.25, -0.2) is 0 Å². The largest absolute Gasteiger partial charge is 0.466 e. The third kappa shape index (κ3) is 3.98. The molecule has 1 heterocycles. The van der Waals surface area contributed by atoms with Crippen LogP contribution in [0.1, 0.15) is 46.0 Å². The Morgan fingerprint density at radius 3 is 2.72 bits per heavy atom. The van der Waals surface area contributed by atoms with Gasteiger partial charge in [0, 0.05) is 6.54 Å². The van der Waals surface area contributed by atoms with E-state index in [1.807, 2.05) is 0 Å². The predicted octanol–water partition coefficient (Wildman–Crippen LogP) is 0.978. The minimum absolute atomic E-state index is 0.0196. The molecular weight excluding hydrogens is 232 g/mol. The highest BCUT2D eigenvalue weighted by Crippen LogP contribution is 2.24. The van der Waals surface area contributed by atoms with Crippen molar-refractivity contribution in [3.05, 3.63) is 0 Å². The standard InChI is InChI=1S/C13H24N2O3/c1-3-7-13(8-5-9-15-13)12(17)14-10-6-11(16)18-4-2/h15H,3-10H2,1-2H3,(H,14,17). The lowest BCUT2D eigenvalue weighted by Crippen LogP contribution is -2.53. The number of amides is 1. The Kier molecular flexibility index (Phi) is 6.12. The van der Waals surface area contributed by atoms with Crippen LogP contribution in [0.4, 0.5) is 0 Å². The summed E-state index contributed by atoms with van der Waals surface area (Å²) in [6, 6.07) is 0. The van der Waals surface area contributed by atoms with Gasteiger partial charge in [-0.1, -0.05) is 13.3 Å². The van der Waals surface area contributed by atoms with Gasteiger partial charge in [0.25, 0.3) is 0 Å². The van der Waals surface area contributed by atoms with Crippen molar-refractivity contribution in [3.8, 4) is 0 Å². The molecule has 5 heteroatoms. The van der Waals surface area contributed by atoms with Gasteiger partial charge < -0.3 is 15.4 Å². The maximum Gasteiger partial charge on any atom is 0.307 e. The fourth-order valence-electron chi connectivity index (χ4n) is 2.43. The number of esters is 1. The second-order valence-electron chi connectivity index (χ2n) is 4.67. The van der Waals surface area contributed by atoms with Crippen molar-refractivity contribution in [2.75, 3.05) is 19.7 Å². The normalized spacial score (nSPS) is 22.8. The average molecular weight is 256 g/mol. The first-order valence-corrected chi connectivity index (χ1v) is 6.83. The summed E-state index contributed by atoms with van der Waals surface area (Å²) in [4.78, 5) is 23.3. The number of carbonyl (C=O) groups is 2. The van der Waals surface area contributed by atoms with E-state index in [0.29, 0.717) is 13.2 Å². The molecule has 1 aliphatic heterocycles. The van der Waals surface area contributed by atoms with Crippen LogP contribution in [-0.2, 0) is 14.3 Å². The number of hydrogen-bond acceptors (Lipinski definition) is 4. The van der Waals surface area contributed by atoms with Crippen LogP contribution in [0.25, 0.3) is 0 Å². The van der Waals surface area contributed by atoms with E-state index in [0.717, 1.165) is 32.2 Å². The Labute approximate surface area is 109 Å². The summed E-state index contributed by atoms with van der Waals surface area (Å²) in [7, 11) is 0. The van der Waals surface area contributed by atoms with Crippen molar-refractivity contribution in [1.29, 1.82) is 0 Å². The first kappa shape index (κ1) is 15.0. The Morgan fingerprint density at radius 1 is 1.39 bits per heavy atom. The third-order valence-electron chi connectivity index (χ3n) is 3.28. The van der Waals surface area contributed by atoms with Gasteiger partial charge in [-0.3, -0.25) is 9.59 Å². The van der Waals surface area contributed by atoms with Crippen molar-refractivity contribution in [2.45, 2.75) is 51.5 Å². The average Bonchev–Trinajstić information content (AvgIpc) is 2.79. The van der Waals surface area contributed by atoms with Crippen LogP contribution >= 0.6 is 0 Å². The van der Waals surface area contributed by atoms with Gasteiger partial charge in [-0.15, -0.1) is 0 Å². The zero-order valence-corrected chi connectivity index (χ0v) is 11.4. The number of hydrogen-bond donors (Lipinski definition) is 2. The van der Waals surface area contributed by atoms with E-state index < -0.39 is 5.54 Å². The molecule has 1 fully saturated rings. The molecule has 1 aliphatic rings. The molecule has 18 heavy (non-hydrogen) atoms. The van der Waals surface area contributed by atoms with Gasteiger partial charge in [-0.05, 0) is 32.7 Å². The van der Waals surface area contributed by atoms with E-state index in [4.69, 9.17) is 4.74 Å². The quantitative estimate of drug-likeness (QED) is 0.666. The lowest BCUT2D eigenvalue weighted by atomic mass is 9.91. The monoisotopic (exact) mass is 256 g/mol. The highest BCUT2D eigenvalue weighted by atomic mass is 16.5. The molecule has 1 atom stereocenters. The van der Waals surface area contributed by atoms with Crippen LogP contribution in [0.5, 0.6) is 0 Å². The van der Waals surface area contributed by atoms with Crippen molar-refractivity contribution < 1.29 is 14.3 Å². The topological polar surface area (TPSA) is 67.4 Å². The zero-order valence-electron chi connectivity index (χ0n) is 11.4. The molecule has 0 aromatic rings. The van der Waals surface area contributed by atoms with Gasteiger partial charge in [0.1, 0.15) is 0 Å². The van der Waals surface area contributed by atoms with Crippen LogP contribution < -0.4 is 10.6 Å². The summed E-state index contributed by atoms with van der Waals surface area (Å²) in [5, 5.41) is 6.14. The molecule has 0 aromatic heterocycles. The van der Waals surface area contributed by atoms with Crippen molar-refractivity contribution in [1.82, 2.24) is 10.6 Å². The lowest BCUT2D eigenvalue weighted by molar-refractivity contribution is -0.143. The van der Waals surface area contributed by atoms with Crippen molar-refractivity contribution in [2.24, 2.45) is 0 Å². The second-order valence-corrected chi connectivity index (χ2v) is 4.67. The van der Waals surface area contributed by atoms with E-state index in [1.165, 1.54) is 0 Å². The van der Waals surface area contributed by atoms with Gasteiger partial charge in [-0.2, -0.15) is 0 Å². The van der Waals surface area contributed by atoms with Crippen molar-refractivity contribution in [3.63, 3.8) is 0 Å². The molecule has 1 saturated heterocycles. The SMILES string of the molecule is CCCC1(C(=O)NCCC(=O)OCC)CCCN1. The minimum Gasteiger partial charge on any atom is -0.466 e. The highest BCUT2D eigenvalue weighted by Gasteiger charge is 2.39. The van der Waals surface area contributed by atoms with Crippen LogP contribution in [0.2, 0.25) is 0 Å². The number of nitrogens with one attached hydrogen (secondary N) is 2. The zero-order chi connectivity index (χ0) is 13.4. The van der Waals surface area contributed by atoms with Crippen molar-refractivity contribution >= 4 is 11.9 Å².